The highest BCUT2D eigenvalue weighted by Crippen LogP contribution is 2.34. The zero-order valence-electron chi connectivity index (χ0n) is 45.0. The number of benzene rings is 3. The number of rotatable bonds is 16. The van der Waals surface area contributed by atoms with Crippen molar-refractivity contribution in [2.24, 2.45) is 27.6 Å². The molecule has 0 amide bonds. The second-order valence-corrected chi connectivity index (χ2v) is 23.6. The van der Waals surface area contributed by atoms with Crippen LogP contribution in [0.2, 0.25) is 0 Å². The fourth-order valence-corrected chi connectivity index (χ4v) is 9.01. The van der Waals surface area contributed by atoms with E-state index in [-0.39, 0.29) is 0 Å². The van der Waals surface area contributed by atoms with E-state index in [0.717, 1.165) is 38.1 Å². The van der Waals surface area contributed by atoms with E-state index < -0.39 is 0 Å². The summed E-state index contributed by atoms with van der Waals surface area (Å²) in [5.41, 5.74) is 9.86. The lowest BCUT2D eigenvalue weighted by Gasteiger charge is -2.35. The summed E-state index contributed by atoms with van der Waals surface area (Å²) in [7, 11) is 0. The molecule has 1 aliphatic rings. The molecule has 0 radical (unpaired) electrons. The van der Waals surface area contributed by atoms with Crippen molar-refractivity contribution in [2.45, 2.75) is 214 Å². The van der Waals surface area contributed by atoms with Crippen LogP contribution in [0.25, 0.3) is 0 Å². The van der Waals surface area contributed by atoms with Crippen molar-refractivity contribution in [1.29, 1.82) is 0 Å². The average molecular weight is 870 g/mol. The first-order chi connectivity index (χ1) is 29.3. The summed E-state index contributed by atoms with van der Waals surface area (Å²) >= 11 is 0. The van der Waals surface area contributed by atoms with Gasteiger partial charge in [0.2, 0.25) is 0 Å². The fraction of sp³-hybridized carbons (Fsp3) is 0.695. The topological polar surface area (TPSA) is 48.1 Å². The van der Waals surface area contributed by atoms with Gasteiger partial charge in [0.05, 0.1) is 0 Å². The van der Waals surface area contributed by atoms with Gasteiger partial charge in [-0.2, -0.15) is 0 Å². The van der Waals surface area contributed by atoms with E-state index in [1.54, 1.807) is 0 Å². The van der Waals surface area contributed by atoms with E-state index in [1.165, 1.54) is 91.2 Å². The van der Waals surface area contributed by atoms with Gasteiger partial charge in [0.25, 0.3) is 0 Å². The maximum absolute atomic E-state index is 3.71. The lowest BCUT2D eigenvalue weighted by molar-refractivity contribution is 0.208. The lowest BCUT2D eigenvalue weighted by atomic mass is 9.77. The van der Waals surface area contributed by atoms with Crippen LogP contribution < -0.4 is 21.3 Å². The van der Waals surface area contributed by atoms with Crippen molar-refractivity contribution >= 4 is 0 Å². The van der Waals surface area contributed by atoms with Crippen LogP contribution in [0.4, 0.5) is 0 Å². The Bertz CT molecular complexity index is 1590. The second kappa shape index (κ2) is 29.2. The molecule has 360 valence electrons. The van der Waals surface area contributed by atoms with E-state index in [2.05, 4.69) is 226 Å². The van der Waals surface area contributed by atoms with Crippen molar-refractivity contribution < 1.29 is 0 Å². The third kappa shape index (κ3) is 27.6. The second-order valence-electron chi connectivity index (χ2n) is 23.6. The Morgan fingerprint density at radius 3 is 1.33 bits per heavy atom. The number of hydrogen-bond donors (Lipinski definition) is 4. The first-order valence-corrected chi connectivity index (χ1v) is 25.4. The van der Waals surface area contributed by atoms with Crippen molar-refractivity contribution in [1.82, 2.24) is 21.3 Å². The van der Waals surface area contributed by atoms with Gasteiger partial charge in [-0.05, 0) is 135 Å². The molecular weight excluding hydrogens is 765 g/mol. The number of aryl methyl sites for hydroxylation is 3. The van der Waals surface area contributed by atoms with Crippen LogP contribution in [-0.4, -0.2) is 32.2 Å². The molecule has 63 heavy (non-hydrogen) atoms. The largest absolute Gasteiger partial charge is 0.314 e. The van der Waals surface area contributed by atoms with Crippen molar-refractivity contribution in [3.05, 3.63) is 106 Å². The summed E-state index contributed by atoms with van der Waals surface area (Å²) < 4.78 is 0. The molecule has 4 N–H and O–H groups in total. The first kappa shape index (κ1) is 58.5. The van der Waals surface area contributed by atoms with Crippen molar-refractivity contribution in [2.75, 3.05) is 26.2 Å². The van der Waals surface area contributed by atoms with Crippen LogP contribution in [0.5, 0.6) is 0 Å². The molecule has 0 aromatic heterocycles. The predicted octanol–water partition coefficient (Wildman–Crippen LogP) is 16.2. The summed E-state index contributed by atoms with van der Waals surface area (Å²) in [5, 5.41) is 14.5. The molecule has 1 saturated carbocycles. The van der Waals surface area contributed by atoms with Crippen LogP contribution in [0.1, 0.15) is 220 Å². The van der Waals surface area contributed by atoms with Crippen LogP contribution in [0.15, 0.2) is 72.8 Å². The van der Waals surface area contributed by atoms with E-state index >= 15 is 0 Å². The molecule has 1 aliphatic carbocycles. The Balaban J connectivity index is 0.000000420. The molecule has 4 rings (SSSR count). The molecule has 4 unspecified atom stereocenters. The van der Waals surface area contributed by atoms with Crippen molar-refractivity contribution in [3.8, 4) is 0 Å². The molecule has 3 aromatic rings. The SMILES string of the molecule is CCNC(CC(C)(C)C)C1CCCCC1.CCNC(CC(C)(C)C)c1ccc(C)cc1.CCNC(CC(C)(C)C)c1cccc(C)c1.CCNC(CC(C)(C)C)c1ccccc1C. The summed E-state index contributed by atoms with van der Waals surface area (Å²) in [6.07, 6.45) is 12.1. The molecule has 0 bridgehead atoms. The highest BCUT2D eigenvalue weighted by Gasteiger charge is 2.27. The molecule has 4 heteroatoms. The van der Waals surface area contributed by atoms with Gasteiger partial charge in [-0.3, -0.25) is 0 Å². The third-order valence-corrected chi connectivity index (χ3v) is 11.8. The summed E-state index contributed by atoms with van der Waals surface area (Å²) in [6, 6.07) is 28.6. The van der Waals surface area contributed by atoms with Gasteiger partial charge in [-0.25, -0.2) is 0 Å². The van der Waals surface area contributed by atoms with Gasteiger partial charge in [-0.15, -0.1) is 0 Å². The lowest BCUT2D eigenvalue weighted by Crippen LogP contribution is -2.39. The fourth-order valence-electron chi connectivity index (χ4n) is 9.01. The Hall–Kier alpha value is -2.50. The maximum atomic E-state index is 3.71. The van der Waals surface area contributed by atoms with E-state index in [0.29, 0.717) is 39.8 Å². The molecule has 0 heterocycles. The number of nitrogens with one attached hydrogen (secondary N) is 4. The Labute approximate surface area is 393 Å². The van der Waals surface area contributed by atoms with Gasteiger partial charge >= 0.3 is 0 Å². The molecule has 4 atom stereocenters. The standard InChI is InChI=1S/3C15H25N.C14H29N/c1-6-16-14(11-15(3,4)5)13-9-7-12(2)8-10-13;1-6-16-14(11-15(3,4)5)13-9-7-8-12(2)10-13;1-6-16-14(11-15(3,4)5)13-10-8-7-9-12(13)2;1-5-15-13(11-14(2,3)4)12-9-7-6-8-10-12/h3*7-10,14,16H,6,11H2,1-5H3;12-13,15H,5-11H2,1-4H3. The van der Waals surface area contributed by atoms with Gasteiger partial charge in [0, 0.05) is 24.2 Å². The summed E-state index contributed by atoms with van der Waals surface area (Å²) in [4.78, 5) is 0. The minimum absolute atomic E-state index is 0.356. The van der Waals surface area contributed by atoms with E-state index in [1.807, 2.05) is 0 Å². The molecule has 3 aromatic carbocycles. The molecular formula is C59H104N4. The Morgan fingerprint density at radius 2 is 0.889 bits per heavy atom. The molecule has 4 nitrogen and oxygen atoms in total. The minimum Gasteiger partial charge on any atom is -0.314 e. The van der Waals surface area contributed by atoms with Gasteiger partial charge < -0.3 is 21.3 Å². The normalized spacial score (nSPS) is 15.7. The zero-order valence-corrected chi connectivity index (χ0v) is 45.0. The molecule has 0 saturated heterocycles. The Kier molecular flexibility index (Phi) is 27.1. The van der Waals surface area contributed by atoms with Crippen LogP contribution in [-0.2, 0) is 0 Å². The maximum Gasteiger partial charge on any atom is 0.0327 e. The van der Waals surface area contributed by atoms with E-state index in [4.69, 9.17) is 0 Å². The minimum atomic E-state index is 0.356. The van der Waals surface area contributed by atoms with Crippen LogP contribution in [0, 0.1) is 48.3 Å². The predicted molar refractivity (Wildman–Crippen MR) is 283 cm³/mol. The summed E-state index contributed by atoms with van der Waals surface area (Å²) in [6.45, 7) is 47.2. The molecule has 0 spiro atoms. The van der Waals surface area contributed by atoms with E-state index in [9.17, 15) is 0 Å². The highest BCUT2D eigenvalue weighted by molar-refractivity contribution is 5.29. The molecule has 1 fully saturated rings. The third-order valence-electron chi connectivity index (χ3n) is 11.8. The van der Waals surface area contributed by atoms with Gasteiger partial charge in [0.1, 0.15) is 0 Å². The van der Waals surface area contributed by atoms with Gasteiger partial charge in [0.15, 0.2) is 0 Å². The van der Waals surface area contributed by atoms with Crippen LogP contribution >= 0.6 is 0 Å². The zero-order chi connectivity index (χ0) is 47.9. The average Bonchev–Trinajstić information content (AvgIpc) is 3.17. The monoisotopic (exact) mass is 869 g/mol. The summed E-state index contributed by atoms with van der Waals surface area (Å²) in [5.74, 6) is 0.943. The van der Waals surface area contributed by atoms with Crippen molar-refractivity contribution in [3.63, 3.8) is 0 Å². The first-order valence-electron chi connectivity index (χ1n) is 25.4. The number of hydrogen-bond acceptors (Lipinski definition) is 4. The highest BCUT2D eigenvalue weighted by atomic mass is 14.9. The van der Waals surface area contributed by atoms with Crippen LogP contribution in [0.3, 0.4) is 0 Å². The molecule has 0 aliphatic heterocycles. The quantitative estimate of drug-likeness (QED) is 0.116. The smallest absolute Gasteiger partial charge is 0.0327 e. The Morgan fingerprint density at radius 1 is 0.444 bits per heavy atom. The van der Waals surface area contributed by atoms with Gasteiger partial charge in [-0.1, -0.05) is 214 Å².